The smallest absolute Gasteiger partial charge is 0.326 e. The molecule has 0 radical (unpaired) electrons. The average Bonchev–Trinajstić information content (AvgIpc) is 3.17. The zero-order chi connectivity index (χ0) is 23.0. The van der Waals surface area contributed by atoms with Crippen LogP contribution in [0, 0.1) is 5.92 Å². The Hall–Kier alpha value is -2.73. The molecule has 0 aromatic rings. The highest BCUT2D eigenvalue weighted by Gasteiger charge is 2.38. The number of hydrogen-bond acceptors (Lipinski definition) is 7. The lowest BCUT2D eigenvalue weighted by Crippen LogP contribution is -2.58. The molecule has 170 valence electrons. The molecule has 4 unspecified atom stereocenters. The van der Waals surface area contributed by atoms with Crippen LogP contribution >= 0.6 is 0 Å². The summed E-state index contributed by atoms with van der Waals surface area (Å²) in [6.07, 6.45) is 0.0877. The van der Waals surface area contributed by atoms with E-state index in [4.69, 9.17) is 15.9 Å². The van der Waals surface area contributed by atoms with Crippen LogP contribution < -0.4 is 16.4 Å². The minimum Gasteiger partial charge on any atom is -0.481 e. The highest BCUT2D eigenvalue weighted by Crippen LogP contribution is 2.20. The lowest BCUT2D eigenvalue weighted by atomic mass is 10.0. The molecule has 4 atom stereocenters. The summed E-state index contributed by atoms with van der Waals surface area (Å²) in [7, 11) is 0. The number of nitrogens with zero attached hydrogens (tertiary/aromatic N) is 1. The first-order valence-corrected chi connectivity index (χ1v) is 9.71. The van der Waals surface area contributed by atoms with Gasteiger partial charge in [0.2, 0.25) is 17.7 Å². The Bertz CT molecular complexity index is 669. The number of aliphatic carboxylic acids is 2. The van der Waals surface area contributed by atoms with Crippen LogP contribution in [0.4, 0.5) is 0 Å². The van der Waals surface area contributed by atoms with Gasteiger partial charge in [-0.15, -0.1) is 0 Å². The SMILES string of the molecule is CC(C)C(NC(=O)C(N)CO)C(=O)NC(CCC(=O)O)C(=O)N1CCCC1C(=O)O. The second-order valence-electron chi connectivity index (χ2n) is 7.54. The van der Waals surface area contributed by atoms with E-state index in [0.717, 1.165) is 4.90 Å². The van der Waals surface area contributed by atoms with Gasteiger partial charge in [-0.2, -0.15) is 0 Å². The van der Waals surface area contributed by atoms with Crippen molar-refractivity contribution in [3.8, 4) is 0 Å². The molecule has 1 aliphatic heterocycles. The molecular weight excluding hydrogens is 400 g/mol. The predicted octanol–water partition coefficient (Wildman–Crippen LogP) is -2.13. The highest BCUT2D eigenvalue weighted by atomic mass is 16.4. The van der Waals surface area contributed by atoms with Gasteiger partial charge in [-0.1, -0.05) is 13.8 Å². The van der Waals surface area contributed by atoms with Crippen LogP contribution in [-0.2, 0) is 24.0 Å². The maximum atomic E-state index is 12.9. The molecule has 12 heteroatoms. The number of aliphatic hydroxyl groups is 1. The zero-order valence-electron chi connectivity index (χ0n) is 17.0. The Morgan fingerprint density at radius 1 is 1.10 bits per heavy atom. The number of carboxylic acid groups (broad SMARTS) is 2. The molecule has 1 rings (SSSR count). The quantitative estimate of drug-likeness (QED) is 0.212. The normalized spacial score (nSPS) is 19.1. The summed E-state index contributed by atoms with van der Waals surface area (Å²) in [6.45, 7) is 2.85. The lowest BCUT2D eigenvalue weighted by molar-refractivity contribution is -0.150. The third kappa shape index (κ3) is 6.95. The van der Waals surface area contributed by atoms with Crippen molar-refractivity contribution in [2.75, 3.05) is 13.2 Å². The van der Waals surface area contributed by atoms with Crippen molar-refractivity contribution in [3.05, 3.63) is 0 Å². The van der Waals surface area contributed by atoms with Gasteiger partial charge in [0, 0.05) is 13.0 Å². The summed E-state index contributed by atoms with van der Waals surface area (Å²) in [6, 6.07) is -4.63. The first-order valence-electron chi connectivity index (χ1n) is 9.71. The fourth-order valence-corrected chi connectivity index (χ4v) is 3.15. The van der Waals surface area contributed by atoms with Crippen molar-refractivity contribution in [3.63, 3.8) is 0 Å². The van der Waals surface area contributed by atoms with Gasteiger partial charge < -0.3 is 36.6 Å². The number of aliphatic hydroxyl groups excluding tert-OH is 1. The maximum Gasteiger partial charge on any atom is 0.326 e. The van der Waals surface area contributed by atoms with Crippen LogP contribution in [0.3, 0.4) is 0 Å². The topological polar surface area (TPSA) is 199 Å². The molecule has 0 aromatic heterocycles. The molecule has 0 bridgehead atoms. The Balaban J connectivity index is 2.99. The van der Waals surface area contributed by atoms with Crippen LogP contribution in [0.1, 0.15) is 39.5 Å². The molecule has 0 saturated carbocycles. The molecule has 1 fully saturated rings. The van der Waals surface area contributed by atoms with Gasteiger partial charge in [0.25, 0.3) is 0 Å². The number of nitrogens with two attached hydrogens (primary N) is 1. The molecule has 30 heavy (non-hydrogen) atoms. The number of rotatable bonds is 11. The van der Waals surface area contributed by atoms with Crippen molar-refractivity contribution in [1.82, 2.24) is 15.5 Å². The van der Waals surface area contributed by atoms with Crippen LogP contribution in [-0.4, -0.2) is 87.2 Å². The highest BCUT2D eigenvalue weighted by molar-refractivity contribution is 5.94. The second kappa shape index (κ2) is 11.5. The number of nitrogens with one attached hydrogen (secondary N) is 2. The molecule has 1 heterocycles. The predicted molar refractivity (Wildman–Crippen MR) is 103 cm³/mol. The van der Waals surface area contributed by atoms with E-state index in [1.807, 2.05) is 0 Å². The van der Waals surface area contributed by atoms with E-state index in [1.54, 1.807) is 13.8 Å². The molecule has 0 aliphatic carbocycles. The second-order valence-corrected chi connectivity index (χ2v) is 7.54. The van der Waals surface area contributed by atoms with Crippen molar-refractivity contribution < 1.29 is 39.3 Å². The minimum atomic E-state index is -1.27. The fraction of sp³-hybridized carbons (Fsp3) is 0.722. The zero-order valence-corrected chi connectivity index (χ0v) is 17.0. The summed E-state index contributed by atoms with van der Waals surface area (Å²) in [4.78, 5) is 61.1. The summed E-state index contributed by atoms with van der Waals surface area (Å²) in [5.41, 5.74) is 5.45. The van der Waals surface area contributed by atoms with E-state index >= 15 is 0 Å². The Kier molecular flexibility index (Phi) is 9.66. The molecular formula is C18H30N4O8. The third-order valence-electron chi connectivity index (χ3n) is 4.86. The van der Waals surface area contributed by atoms with Gasteiger partial charge in [-0.3, -0.25) is 19.2 Å². The van der Waals surface area contributed by atoms with E-state index < -0.39 is 72.8 Å². The number of carboxylic acids is 2. The standard InChI is InChI=1S/C18H30N4O8/c1-9(2)14(21-15(26)10(19)8-23)16(27)20-11(5-6-13(24)25)17(28)22-7-3-4-12(22)18(29)30/h9-12,14,23H,3-8,19H2,1-2H3,(H,20,27)(H,21,26)(H,24,25)(H,29,30). The van der Waals surface area contributed by atoms with Crippen LogP contribution in [0.5, 0.6) is 0 Å². The molecule has 0 spiro atoms. The van der Waals surface area contributed by atoms with Gasteiger partial charge >= 0.3 is 11.9 Å². The van der Waals surface area contributed by atoms with E-state index in [0.29, 0.717) is 6.42 Å². The van der Waals surface area contributed by atoms with Crippen molar-refractivity contribution in [2.24, 2.45) is 11.7 Å². The number of amides is 3. The van der Waals surface area contributed by atoms with Crippen molar-refractivity contribution in [1.29, 1.82) is 0 Å². The molecule has 12 nitrogen and oxygen atoms in total. The Labute approximate surface area is 173 Å². The summed E-state index contributed by atoms with van der Waals surface area (Å²) < 4.78 is 0. The maximum absolute atomic E-state index is 12.9. The largest absolute Gasteiger partial charge is 0.481 e. The van der Waals surface area contributed by atoms with Gasteiger partial charge in [0.15, 0.2) is 0 Å². The van der Waals surface area contributed by atoms with E-state index in [-0.39, 0.29) is 19.4 Å². The average molecular weight is 430 g/mol. The van der Waals surface area contributed by atoms with Crippen molar-refractivity contribution >= 4 is 29.7 Å². The third-order valence-corrected chi connectivity index (χ3v) is 4.86. The number of likely N-dealkylation sites (tertiary alicyclic amines) is 1. The van der Waals surface area contributed by atoms with E-state index in [1.165, 1.54) is 0 Å². The van der Waals surface area contributed by atoms with E-state index in [2.05, 4.69) is 10.6 Å². The van der Waals surface area contributed by atoms with Crippen LogP contribution in [0.2, 0.25) is 0 Å². The molecule has 0 aromatic carbocycles. The molecule has 1 aliphatic rings. The van der Waals surface area contributed by atoms with Crippen LogP contribution in [0.15, 0.2) is 0 Å². The first kappa shape index (κ1) is 25.3. The lowest BCUT2D eigenvalue weighted by Gasteiger charge is -2.29. The fourth-order valence-electron chi connectivity index (χ4n) is 3.15. The molecule has 7 N–H and O–H groups in total. The Morgan fingerprint density at radius 2 is 1.73 bits per heavy atom. The first-order chi connectivity index (χ1) is 14.0. The van der Waals surface area contributed by atoms with Gasteiger partial charge in [-0.25, -0.2) is 4.79 Å². The van der Waals surface area contributed by atoms with Crippen LogP contribution in [0.25, 0.3) is 0 Å². The van der Waals surface area contributed by atoms with Gasteiger partial charge in [-0.05, 0) is 25.2 Å². The monoisotopic (exact) mass is 430 g/mol. The molecule has 1 saturated heterocycles. The van der Waals surface area contributed by atoms with Gasteiger partial charge in [0.1, 0.15) is 24.2 Å². The minimum absolute atomic E-state index is 0.185. The number of carbonyl (C=O) groups excluding carboxylic acids is 3. The molecule has 3 amide bonds. The van der Waals surface area contributed by atoms with E-state index in [9.17, 15) is 29.1 Å². The number of carbonyl (C=O) groups is 5. The van der Waals surface area contributed by atoms with Gasteiger partial charge in [0.05, 0.1) is 6.61 Å². The number of hydrogen-bond donors (Lipinski definition) is 6. The van der Waals surface area contributed by atoms with Crippen molar-refractivity contribution in [2.45, 2.75) is 63.7 Å². The Morgan fingerprint density at radius 3 is 2.23 bits per heavy atom. The summed E-state index contributed by atoms with van der Waals surface area (Å²) in [5, 5.41) is 32.1. The summed E-state index contributed by atoms with van der Waals surface area (Å²) in [5.74, 6) is -4.94. The summed E-state index contributed by atoms with van der Waals surface area (Å²) >= 11 is 0.